The Hall–Kier alpha value is -2.45. The first-order valence-electron chi connectivity index (χ1n) is 7.54. The van der Waals surface area contributed by atoms with Crippen molar-refractivity contribution in [1.82, 2.24) is 10.0 Å². The molecule has 134 valence electrons. The van der Waals surface area contributed by atoms with Crippen LogP contribution in [0.3, 0.4) is 0 Å². The summed E-state index contributed by atoms with van der Waals surface area (Å²) in [6, 6.07) is 11.8. The first kappa shape index (κ1) is 18.9. The van der Waals surface area contributed by atoms with Crippen LogP contribution in [-0.2, 0) is 21.4 Å². The summed E-state index contributed by atoms with van der Waals surface area (Å²) in [4.78, 5) is 12.2. The fourth-order valence-corrected chi connectivity index (χ4v) is 2.87. The fourth-order valence-electron chi connectivity index (χ4n) is 2.07. The molecule has 0 spiro atoms. The standard InChI is InChI=1S/C17H19FN2O4S/c1-12(24-15-7-4-6-14(18)10-15)17(21)20-11-13-5-3-8-16(9-13)25(22,23)19-2/h3-10,12,19H,11H2,1-2H3,(H,20,21). The normalized spacial score (nSPS) is 12.4. The van der Waals surface area contributed by atoms with E-state index < -0.39 is 27.9 Å². The number of amides is 1. The minimum Gasteiger partial charge on any atom is -0.481 e. The molecule has 0 fully saturated rings. The van der Waals surface area contributed by atoms with Crippen LogP contribution >= 0.6 is 0 Å². The van der Waals surface area contributed by atoms with E-state index in [2.05, 4.69) is 10.0 Å². The average molecular weight is 366 g/mol. The molecule has 0 saturated carbocycles. The second-order valence-electron chi connectivity index (χ2n) is 5.29. The molecule has 2 rings (SSSR count). The molecule has 0 radical (unpaired) electrons. The van der Waals surface area contributed by atoms with Gasteiger partial charge in [0.15, 0.2) is 6.10 Å². The van der Waals surface area contributed by atoms with Crippen LogP contribution in [0.2, 0.25) is 0 Å². The zero-order valence-corrected chi connectivity index (χ0v) is 14.6. The second-order valence-corrected chi connectivity index (χ2v) is 7.18. The van der Waals surface area contributed by atoms with Gasteiger partial charge in [0.05, 0.1) is 4.90 Å². The summed E-state index contributed by atoms with van der Waals surface area (Å²) >= 11 is 0. The van der Waals surface area contributed by atoms with Gasteiger partial charge in [0.2, 0.25) is 10.0 Å². The molecule has 1 atom stereocenters. The maximum absolute atomic E-state index is 13.1. The van der Waals surface area contributed by atoms with Crippen molar-refractivity contribution in [2.75, 3.05) is 7.05 Å². The lowest BCUT2D eigenvalue weighted by molar-refractivity contribution is -0.127. The van der Waals surface area contributed by atoms with Crippen LogP contribution in [0, 0.1) is 5.82 Å². The van der Waals surface area contributed by atoms with Crippen molar-refractivity contribution in [3.63, 3.8) is 0 Å². The molecule has 6 nitrogen and oxygen atoms in total. The van der Waals surface area contributed by atoms with Gasteiger partial charge in [0, 0.05) is 12.6 Å². The lowest BCUT2D eigenvalue weighted by atomic mass is 10.2. The molecule has 0 bridgehead atoms. The van der Waals surface area contributed by atoms with Crippen LogP contribution in [0.4, 0.5) is 4.39 Å². The number of hydrogen-bond donors (Lipinski definition) is 2. The molecule has 0 aliphatic rings. The van der Waals surface area contributed by atoms with E-state index in [4.69, 9.17) is 4.74 Å². The highest BCUT2D eigenvalue weighted by molar-refractivity contribution is 7.89. The smallest absolute Gasteiger partial charge is 0.261 e. The van der Waals surface area contributed by atoms with Crippen molar-refractivity contribution in [3.8, 4) is 5.75 Å². The van der Waals surface area contributed by atoms with Gasteiger partial charge in [-0.3, -0.25) is 4.79 Å². The van der Waals surface area contributed by atoms with Crippen molar-refractivity contribution in [2.24, 2.45) is 0 Å². The average Bonchev–Trinajstić information content (AvgIpc) is 2.60. The Morgan fingerprint density at radius 1 is 1.20 bits per heavy atom. The summed E-state index contributed by atoms with van der Waals surface area (Å²) < 4.78 is 44.3. The van der Waals surface area contributed by atoms with Crippen molar-refractivity contribution >= 4 is 15.9 Å². The minimum atomic E-state index is -3.54. The Kier molecular flexibility index (Phi) is 6.11. The summed E-state index contributed by atoms with van der Waals surface area (Å²) in [5.74, 6) is -0.594. The van der Waals surface area contributed by atoms with Crippen molar-refractivity contribution in [3.05, 3.63) is 59.9 Å². The minimum absolute atomic E-state index is 0.116. The van der Waals surface area contributed by atoms with Crippen molar-refractivity contribution in [2.45, 2.75) is 24.5 Å². The van der Waals surface area contributed by atoms with Gasteiger partial charge in [-0.2, -0.15) is 0 Å². The molecule has 1 amide bonds. The third-order valence-electron chi connectivity index (χ3n) is 3.42. The topological polar surface area (TPSA) is 84.5 Å². The number of carbonyl (C=O) groups is 1. The Balaban J connectivity index is 1.96. The van der Waals surface area contributed by atoms with E-state index >= 15 is 0 Å². The lowest BCUT2D eigenvalue weighted by Gasteiger charge is -2.15. The summed E-state index contributed by atoms with van der Waals surface area (Å²) in [5.41, 5.74) is 0.627. The number of rotatable bonds is 7. The Labute approximate surface area is 146 Å². The van der Waals surface area contributed by atoms with Crippen LogP contribution in [0.15, 0.2) is 53.4 Å². The van der Waals surface area contributed by atoms with Crippen LogP contribution in [0.25, 0.3) is 0 Å². The van der Waals surface area contributed by atoms with Crippen LogP contribution in [0.5, 0.6) is 5.75 Å². The predicted molar refractivity (Wildman–Crippen MR) is 91.0 cm³/mol. The molecule has 2 aromatic rings. The molecule has 0 aliphatic carbocycles. The molecular weight excluding hydrogens is 347 g/mol. The van der Waals surface area contributed by atoms with Crippen LogP contribution in [0.1, 0.15) is 12.5 Å². The quantitative estimate of drug-likeness (QED) is 0.783. The molecule has 8 heteroatoms. The zero-order valence-electron chi connectivity index (χ0n) is 13.8. The second kappa shape index (κ2) is 8.09. The fraction of sp³-hybridized carbons (Fsp3) is 0.235. The monoisotopic (exact) mass is 366 g/mol. The molecule has 0 aliphatic heterocycles. The van der Waals surface area contributed by atoms with E-state index in [1.54, 1.807) is 25.1 Å². The number of halogens is 1. The van der Waals surface area contributed by atoms with Crippen LogP contribution in [-0.4, -0.2) is 27.5 Å². The molecule has 0 saturated heterocycles. The number of benzene rings is 2. The van der Waals surface area contributed by atoms with Gasteiger partial charge >= 0.3 is 0 Å². The van der Waals surface area contributed by atoms with Crippen LogP contribution < -0.4 is 14.8 Å². The molecule has 2 N–H and O–H groups in total. The summed E-state index contributed by atoms with van der Waals surface area (Å²) in [6.07, 6.45) is -0.828. The molecule has 0 aromatic heterocycles. The Bertz CT molecular complexity index is 855. The SMILES string of the molecule is CNS(=O)(=O)c1cccc(CNC(=O)C(C)Oc2cccc(F)c2)c1. The van der Waals surface area contributed by atoms with E-state index in [1.165, 1.54) is 37.4 Å². The number of nitrogens with one attached hydrogen (secondary N) is 2. The number of ether oxygens (including phenoxy) is 1. The third-order valence-corrected chi connectivity index (χ3v) is 4.83. The number of sulfonamides is 1. The van der Waals surface area contributed by atoms with E-state index in [1.807, 2.05) is 0 Å². The van der Waals surface area contributed by atoms with Gasteiger partial charge in [-0.15, -0.1) is 0 Å². The molecule has 0 heterocycles. The van der Waals surface area contributed by atoms with E-state index in [0.717, 1.165) is 0 Å². The summed E-state index contributed by atoms with van der Waals surface area (Å²) in [6.45, 7) is 1.69. The predicted octanol–water partition coefficient (Wildman–Crippen LogP) is 1.82. The largest absolute Gasteiger partial charge is 0.481 e. The highest BCUT2D eigenvalue weighted by atomic mass is 32.2. The van der Waals surface area contributed by atoms with E-state index in [0.29, 0.717) is 5.56 Å². The maximum atomic E-state index is 13.1. The summed E-state index contributed by atoms with van der Waals surface area (Å²) in [5, 5.41) is 2.66. The zero-order chi connectivity index (χ0) is 18.4. The maximum Gasteiger partial charge on any atom is 0.261 e. The Morgan fingerprint density at radius 3 is 2.60 bits per heavy atom. The molecule has 25 heavy (non-hydrogen) atoms. The molecular formula is C17H19FN2O4S. The first-order valence-corrected chi connectivity index (χ1v) is 9.02. The Morgan fingerprint density at radius 2 is 1.92 bits per heavy atom. The van der Waals surface area contributed by atoms with Gasteiger partial charge in [-0.25, -0.2) is 17.5 Å². The number of hydrogen-bond acceptors (Lipinski definition) is 4. The van der Waals surface area contributed by atoms with Gasteiger partial charge < -0.3 is 10.1 Å². The van der Waals surface area contributed by atoms with Gasteiger partial charge in [0.1, 0.15) is 11.6 Å². The first-order chi connectivity index (χ1) is 11.8. The van der Waals surface area contributed by atoms with E-state index in [9.17, 15) is 17.6 Å². The lowest BCUT2D eigenvalue weighted by Crippen LogP contribution is -2.36. The highest BCUT2D eigenvalue weighted by Gasteiger charge is 2.15. The van der Waals surface area contributed by atoms with Gasteiger partial charge in [0.25, 0.3) is 5.91 Å². The molecule has 2 aromatic carbocycles. The van der Waals surface area contributed by atoms with Crippen molar-refractivity contribution < 1.29 is 22.3 Å². The van der Waals surface area contributed by atoms with Crippen molar-refractivity contribution in [1.29, 1.82) is 0 Å². The van der Waals surface area contributed by atoms with Gasteiger partial charge in [-0.1, -0.05) is 18.2 Å². The third kappa shape index (κ3) is 5.27. The van der Waals surface area contributed by atoms with Gasteiger partial charge in [-0.05, 0) is 43.8 Å². The summed E-state index contributed by atoms with van der Waals surface area (Å²) in [7, 11) is -2.21. The van der Waals surface area contributed by atoms with E-state index in [-0.39, 0.29) is 17.2 Å². The number of carbonyl (C=O) groups excluding carboxylic acids is 1. The molecule has 1 unspecified atom stereocenters. The highest BCUT2D eigenvalue weighted by Crippen LogP contribution is 2.14.